The van der Waals surface area contributed by atoms with Gasteiger partial charge in [-0.2, -0.15) is 35.1 Å². The third kappa shape index (κ3) is 18.5. The molecule has 0 aromatic heterocycles. The molecule has 452 valence electrons. The SMILES string of the molecule is [2H]C1([2H])CC(C)Cc2cc(F)c(OC(F)F)c(F)c21.[2H]C1([2H])CC(C)Cc2cc(F)c(OC(F)F)cc21.[2H]C1([2H])CC(C)Cc2ccc(OC(F)F)c(F)c21.[2H]C1([2H])CC(C)Cc2ccc(OC(F)F)cc21.[2H]C1([2H])Cc2c(cc(F)c(OC(F)(F)F)c2F)C([2H])([2H])C1C. The molecule has 10 rings (SSSR count). The van der Waals surface area contributed by atoms with E-state index in [0.29, 0.717) is 54.9 Å². The van der Waals surface area contributed by atoms with Gasteiger partial charge in [0.15, 0.2) is 52.2 Å². The van der Waals surface area contributed by atoms with E-state index >= 15 is 0 Å². The quantitative estimate of drug-likeness (QED) is 0.138. The van der Waals surface area contributed by atoms with E-state index in [1.54, 1.807) is 13.0 Å². The van der Waals surface area contributed by atoms with Crippen LogP contribution in [0.5, 0.6) is 28.7 Å². The second kappa shape index (κ2) is 28.9. The van der Waals surface area contributed by atoms with E-state index in [4.69, 9.17) is 16.4 Å². The first-order valence-electron chi connectivity index (χ1n) is 31.3. The first-order valence-corrected chi connectivity index (χ1v) is 25.3. The predicted octanol–water partition coefficient (Wildman–Crippen LogP) is 18.2. The number of fused-ring (bicyclic) bond motifs is 5. The van der Waals surface area contributed by atoms with Crippen LogP contribution < -0.4 is 23.7 Å². The first kappa shape index (κ1) is 49.3. The number of halogens is 17. The van der Waals surface area contributed by atoms with E-state index in [9.17, 15) is 74.6 Å². The molecule has 22 heteroatoms. The summed E-state index contributed by atoms with van der Waals surface area (Å²) in [7, 11) is 0. The van der Waals surface area contributed by atoms with Crippen LogP contribution >= 0.6 is 0 Å². The molecule has 5 atom stereocenters. The molecule has 0 N–H and O–H groups in total. The fourth-order valence-corrected chi connectivity index (χ4v) is 9.13. The number of benzene rings is 5. The molecule has 5 nitrogen and oxygen atoms in total. The predicted molar refractivity (Wildman–Crippen MR) is 271 cm³/mol. The Labute approximate surface area is 481 Å². The van der Waals surface area contributed by atoms with E-state index < -0.39 is 152 Å². The van der Waals surface area contributed by atoms with Crippen molar-refractivity contribution in [3.05, 3.63) is 145 Å². The molecule has 0 amide bonds. The molecule has 5 aromatic rings. The van der Waals surface area contributed by atoms with Crippen molar-refractivity contribution in [3.8, 4) is 28.7 Å². The second-order valence-corrected chi connectivity index (χ2v) is 19.8. The Balaban J connectivity index is 0.000000187. The largest absolute Gasteiger partial charge is 0.573 e. The van der Waals surface area contributed by atoms with Gasteiger partial charge in [0.2, 0.25) is 5.75 Å². The molecule has 0 fully saturated rings. The molecule has 5 aliphatic carbocycles. The van der Waals surface area contributed by atoms with Crippen LogP contribution in [0.25, 0.3) is 0 Å². The van der Waals surface area contributed by atoms with Gasteiger partial charge in [0.1, 0.15) is 5.75 Å². The molecule has 0 bridgehead atoms. The van der Waals surface area contributed by atoms with E-state index in [2.05, 4.69) is 23.7 Å². The summed E-state index contributed by atoms with van der Waals surface area (Å²) in [5.74, 6) is -12.9. The highest BCUT2D eigenvalue weighted by Crippen LogP contribution is 2.39. The van der Waals surface area contributed by atoms with Crippen LogP contribution in [0.4, 0.5) is 74.6 Å². The first-order chi connectivity index (χ1) is 43.0. The normalized spacial score (nSPS) is 25.5. The third-order valence-electron chi connectivity index (χ3n) is 12.8. The van der Waals surface area contributed by atoms with Gasteiger partial charge in [0, 0.05) is 16.4 Å². The summed E-state index contributed by atoms with van der Waals surface area (Å²) in [6.45, 7) is -3.73. The van der Waals surface area contributed by atoms with E-state index in [1.807, 2.05) is 20.8 Å². The highest BCUT2D eigenvalue weighted by molar-refractivity contribution is 5.43. The van der Waals surface area contributed by atoms with Gasteiger partial charge in [-0.25, -0.2) is 26.3 Å². The number of hydrogen-bond donors (Lipinski definition) is 0. The van der Waals surface area contributed by atoms with Crippen LogP contribution in [-0.2, 0) is 64.0 Å². The van der Waals surface area contributed by atoms with Gasteiger partial charge in [0.25, 0.3) is 0 Å². The summed E-state index contributed by atoms with van der Waals surface area (Å²) >= 11 is 0. The number of aryl methyl sites for hydroxylation is 2. The Morgan fingerprint density at radius 1 is 0.427 bits per heavy atom. The van der Waals surface area contributed by atoms with Gasteiger partial charge < -0.3 is 23.7 Å². The highest BCUT2D eigenvalue weighted by Gasteiger charge is 2.36. The van der Waals surface area contributed by atoms with E-state index in [0.717, 1.165) is 36.2 Å². The van der Waals surface area contributed by atoms with Crippen LogP contribution in [0.2, 0.25) is 0 Å². The number of rotatable bonds is 9. The van der Waals surface area contributed by atoms with Crippen molar-refractivity contribution in [2.24, 2.45) is 29.6 Å². The molecular weight excluding hydrogens is 1120 g/mol. The molecule has 0 radical (unpaired) electrons. The fraction of sp³-hybridized carbons (Fsp3) is 0.500. The summed E-state index contributed by atoms with van der Waals surface area (Å²) < 4.78 is 330. The highest BCUT2D eigenvalue weighted by atomic mass is 19.4. The Morgan fingerprint density at radius 3 is 1.48 bits per heavy atom. The van der Waals surface area contributed by atoms with Crippen LogP contribution in [0.1, 0.15) is 139 Å². The van der Waals surface area contributed by atoms with Crippen LogP contribution in [-0.4, -0.2) is 32.8 Å². The average molecular weight is 1200 g/mol. The minimum absolute atomic E-state index is 0.0252. The van der Waals surface area contributed by atoms with Gasteiger partial charge in [-0.3, -0.25) is 0 Å². The molecule has 0 aliphatic heterocycles. The minimum Gasteiger partial charge on any atom is -0.435 e. The molecular formula is C60H63F17O5. The molecule has 0 saturated carbocycles. The summed E-state index contributed by atoms with van der Waals surface area (Å²) in [6, 6.07) is 10.6. The van der Waals surface area contributed by atoms with Crippen LogP contribution in [0, 0.1) is 64.5 Å². The Hall–Kier alpha value is -6.09. The number of hydrogen-bond acceptors (Lipinski definition) is 5. The summed E-state index contributed by atoms with van der Waals surface area (Å²) in [4.78, 5) is 0. The minimum atomic E-state index is -5.32. The summed E-state index contributed by atoms with van der Waals surface area (Å²) in [5.41, 5.74) is 1.17. The lowest BCUT2D eigenvalue weighted by Gasteiger charge is -2.23. The molecule has 5 aliphatic rings. The molecule has 5 unspecified atom stereocenters. The maximum absolute atomic E-state index is 14.2. The number of ether oxygens (including phenoxy) is 5. The van der Waals surface area contributed by atoms with Crippen molar-refractivity contribution in [1.82, 2.24) is 0 Å². The third-order valence-corrected chi connectivity index (χ3v) is 12.8. The summed E-state index contributed by atoms with van der Waals surface area (Å²) in [5, 5.41) is 0. The zero-order chi connectivity index (χ0) is 71.1. The van der Waals surface area contributed by atoms with Crippen molar-refractivity contribution in [2.45, 2.75) is 163 Å². The van der Waals surface area contributed by atoms with Crippen LogP contribution in [0.15, 0.2) is 54.6 Å². The molecule has 82 heavy (non-hydrogen) atoms. The second-order valence-electron chi connectivity index (χ2n) is 19.8. The zero-order valence-corrected chi connectivity index (χ0v) is 44.2. The monoisotopic (exact) mass is 1200 g/mol. The standard InChI is InChI=1S/C12H11F5O.C12H12F4O.2C12H13F3O.C12H14F2O/c1-6-2-3-8-7(4-6)5-9(13)11(10(8)14)18-12(15,16)17;1-6-2-3-8-7(4-6)5-9(13)11(10(8)14)17-12(15)16;1-7-2-4-9-8(6-7)3-5-10(11(9)13)16-12(14)15;1-7-2-3-8-6-11(16-12(14)15)10(13)5-9(8)4-7;1-8-2-3-10-7-11(15-12(13)14)5-4-9(10)6-8/h5-6H,2-4H2,1H3;5-6,12H,2-4H2,1H3;3,5,7,12H,2,4,6H2,1H3;5-7,12H,2-4H2,1H3;4-5,7-8,12H,2-3,6H2,1H3/i2D2,4D2;3D2;4D2;2*3D2. The van der Waals surface area contributed by atoms with Crippen molar-refractivity contribution in [3.63, 3.8) is 0 Å². The van der Waals surface area contributed by atoms with Crippen molar-refractivity contribution in [1.29, 1.82) is 0 Å². The lowest BCUT2D eigenvalue weighted by molar-refractivity contribution is -0.276. The van der Waals surface area contributed by atoms with E-state index in [-0.39, 0.29) is 64.5 Å². The Kier molecular flexibility index (Phi) is 17.4. The Morgan fingerprint density at radius 2 is 0.890 bits per heavy atom. The van der Waals surface area contributed by atoms with Crippen molar-refractivity contribution >= 4 is 0 Å². The molecule has 5 aromatic carbocycles. The van der Waals surface area contributed by atoms with Gasteiger partial charge >= 0.3 is 32.8 Å². The van der Waals surface area contributed by atoms with Gasteiger partial charge in [-0.15, -0.1) is 13.2 Å². The Bertz CT molecular complexity index is 3500. The van der Waals surface area contributed by atoms with Crippen molar-refractivity contribution in [2.75, 3.05) is 0 Å². The topological polar surface area (TPSA) is 46.2 Å². The van der Waals surface area contributed by atoms with Gasteiger partial charge in [-0.1, -0.05) is 46.8 Å². The molecule has 0 spiro atoms. The molecule has 0 heterocycles. The van der Waals surface area contributed by atoms with Gasteiger partial charge in [-0.05, 0) is 224 Å². The maximum Gasteiger partial charge on any atom is 0.573 e. The maximum atomic E-state index is 14.2. The smallest absolute Gasteiger partial charge is 0.435 e. The lowest BCUT2D eigenvalue weighted by atomic mass is 9.84. The number of alkyl halides is 11. The van der Waals surface area contributed by atoms with Crippen LogP contribution in [0.3, 0.4) is 0 Å². The average Bonchev–Trinajstić information content (AvgIpc) is 0.741. The molecule has 0 saturated heterocycles. The van der Waals surface area contributed by atoms with E-state index in [1.165, 1.54) is 25.1 Å². The zero-order valence-electron chi connectivity index (χ0n) is 56.2. The summed E-state index contributed by atoms with van der Waals surface area (Å²) in [6.07, 6.45) is -14.5. The van der Waals surface area contributed by atoms with Gasteiger partial charge in [0.05, 0.1) is 0 Å². The van der Waals surface area contributed by atoms with Crippen molar-refractivity contribution < 1.29 is 115 Å². The fourth-order valence-electron chi connectivity index (χ4n) is 9.13. The lowest BCUT2D eigenvalue weighted by Crippen LogP contribution is -2.21.